The fourth-order valence-electron chi connectivity index (χ4n) is 3.62. The Kier molecular flexibility index (Phi) is 2.32. The van der Waals surface area contributed by atoms with E-state index in [0.717, 1.165) is 6.42 Å². The fourth-order valence-corrected chi connectivity index (χ4v) is 4.54. The molecule has 1 spiro atoms. The molecule has 2 bridgehead atoms. The van der Waals surface area contributed by atoms with Gasteiger partial charge < -0.3 is 14.6 Å². The molecule has 0 unspecified atom stereocenters. The van der Waals surface area contributed by atoms with Gasteiger partial charge in [0.1, 0.15) is 0 Å². The number of aliphatic hydroxyl groups excluding tert-OH is 1. The second-order valence-corrected chi connectivity index (χ2v) is 6.25. The van der Waals surface area contributed by atoms with E-state index < -0.39 is 5.79 Å². The molecule has 4 heteroatoms. The van der Waals surface area contributed by atoms with Gasteiger partial charge in [0.15, 0.2) is 5.79 Å². The molecule has 0 amide bonds. The minimum Gasteiger partial charge on any atom is -0.393 e. The van der Waals surface area contributed by atoms with Crippen molar-refractivity contribution in [1.29, 1.82) is 0 Å². The Bertz CT molecular complexity index is 346. The molecule has 1 aliphatic heterocycles. The molecule has 2 fully saturated rings. The summed E-state index contributed by atoms with van der Waals surface area (Å²) in [5.41, 5.74) is -0.164. The van der Waals surface area contributed by atoms with Crippen LogP contribution in [0.2, 0.25) is 0 Å². The first-order valence-electron chi connectivity index (χ1n) is 5.84. The quantitative estimate of drug-likeness (QED) is 0.803. The molecule has 2 aliphatic carbocycles. The van der Waals surface area contributed by atoms with E-state index in [4.69, 9.17) is 9.47 Å². The average Bonchev–Trinajstić information content (AvgIpc) is 2.84. The lowest BCUT2D eigenvalue weighted by Gasteiger charge is -2.36. The maximum absolute atomic E-state index is 10.1. The zero-order valence-electron chi connectivity index (χ0n) is 9.57. The maximum atomic E-state index is 10.1. The number of hydrogen-bond donors (Lipinski definition) is 1. The summed E-state index contributed by atoms with van der Waals surface area (Å²) < 4.78 is 12.9. The van der Waals surface area contributed by atoms with E-state index in [-0.39, 0.29) is 17.4 Å². The molecule has 4 atom stereocenters. The summed E-state index contributed by atoms with van der Waals surface area (Å²) in [6, 6.07) is 0. The van der Waals surface area contributed by atoms with Gasteiger partial charge in [0, 0.05) is 23.7 Å². The number of rotatable bonds is 1. The first kappa shape index (κ1) is 11.2. The predicted molar refractivity (Wildman–Crippen MR) is 63.0 cm³/mol. The number of aliphatic hydroxyl groups is 1. The van der Waals surface area contributed by atoms with E-state index in [1.54, 1.807) is 0 Å². The Labute approximate surface area is 104 Å². The Morgan fingerprint density at radius 2 is 2.12 bits per heavy atom. The van der Waals surface area contributed by atoms with Crippen molar-refractivity contribution in [1.82, 2.24) is 0 Å². The van der Waals surface area contributed by atoms with Crippen LogP contribution >= 0.6 is 15.9 Å². The second-order valence-electron chi connectivity index (χ2n) is 5.34. The van der Waals surface area contributed by atoms with E-state index >= 15 is 0 Å². The summed E-state index contributed by atoms with van der Waals surface area (Å²) in [6.07, 6.45) is 2.67. The van der Waals surface area contributed by atoms with E-state index in [1.807, 2.05) is 6.92 Å². The van der Waals surface area contributed by atoms with Crippen LogP contribution in [-0.2, 0) is 9.47 Å². The van der Waals surface area contributed by atoms with Crippen LogP contribution in [0.1, 0.15) is 20.3 Å². The van der Waals surface area contributed by atoms with Crippen LogP contribution in [0.25, 0.3) is 0 Å². The van der Waals surface area contributed by atoms with E-state index in [9.17, 15) is 5.11 Å². The SMILES string of the molecule is C[C@H](O)[C@@]1(C)[C@@H]2C=C(Br)[C@@H]1CC21OCCO1. The molecule has 1 saturated heterocycles. The van der Waals surface area contributed by atoms with Gasteiger partial charge in [0.2, 0.25) is 0 Å². The van der Waals surface area contributed by atoms with Gasteiger partial charge in [-0.25, -0.2) is 0 Å². The molecule has 3 aliphatic rings. The number of allylic oxidation sites excluding steroid dienone is 1. The van der Waals surface area contributed by atoms with E-state index in [2.05, 4.69) is 28.9 Å². The Balaban J connectivity index is 2.03. The lowest BCUT2D eigenvalue weighted by atomic mass is 9.74. The van der Waals surface area contributed by atoms with Crippen molar-refractivity contribution in [2.75, 3.05) is 13.2 Å². The number of hydrogen-bond acceptors (Lipinski definition) is 3. The molecule has 3 rings (SSSR count). The molecular formula is C12H17BrO3. The highest BCUT2D eigenvalue weighted by molar-refractivity contribution is 9.11. The van der Waals surface area contributed by atoms with Crippen LogP contribution in [0, 0.1) is 17.3 Å². The Hall–Kier alpha value is 0.1000. The first-order chi connectivity index (χ1) is 7.51. The Morgan fingerprint density at radius 3 is 2.62 bits per heavy atom. The molecule has 1 N–H and O–H groups in total. The standard InChI is InChI=1S/C12H17BrO3/c1-7(14)11(2)8-6-12(15-3-4-16-12)10(11)5-9(8)13/h5,7-8,10,14H,3-4,6H2,1-2H3/t7-,8-,10-,11+/m0/s1. The summed E-state index contributed by atoms with van der Waals surface area (Å²) in [5, 5.41) is 10.1. The summed E-state index contributed by atoms with van der Waals surface area (Å²) in [7, 11) is 0. The van der Waals surface area contributed by atoms with E-state index in [0.29, 0.717) is 19.1 Å². The van der Waals surface area contributed by atoms with Gasteiger partial charge in [-0.15, -0.1) is 0 Å². The number of fused-ring (bicyclic) bond motifs is 3. The molecule has 0 aromatic carbocycles. The molecule has 0 radical (unpaired) electrons. The minimum atomic E-state index is -0.465. The third kappa shape index (κ3) is 1.14. The van der Waals surface area contributed by atoms with Crippen molar-refractivity contribution < 1.29 is 14.6 Å². The zero-order chi connectivity index (χ0) is 11.6. The minimum absolute atomic E-state index is 0.155. The molecule has 16 heavy (non-hydrogen) atoms. The molecular weight excluding hydrogens is 272 g/mol. The lowest BCUT2D eigenvalue weighted by molar-refractivity contribution is -0.186. The molecule has 3 nitrogen and oxygen atoms in total. The molecule has 0 aromatic rings. The fraction of sp³-hybridized carbons (Fsp3) is 0.833. The third-order valence-corrected chi connectivity index (χ3v) is 5.54. The van der Waals surface area contributed by atoms with Crippen molar-refractivity contribution in [2.45, 2.75) is 32.2 Å². The van der Waals surface area contributed by atoms with Gasteiger partial charge in [0.05, 0.1) is 19.3 Å². The first-order valence-corrected chi connectivity index (χ1v) is 6.63. The predicted octanol–water partition coefficient (Wildman–Crippen LogP) is 2.05. The molecule has 1 heterocycles. The van der Waals surface area contributed by atoms with Crippen LogP contribution in [0.15, 0.2) is 10.6 Å². The highest BCUT2D eigenvalue weighted by Crippen LogP contribution is 2.65. The number of ether oxygens (including phenoxy) is 2. The van der Waals surface area contributed by atoms with Crippen molar-refractivity contribution in [2.24, 2.45) is 17.3 Å². The van der Waals surface area contributed by atoms with Crippen LogP contribution in [0.5, 0.6) is 0 Å². The largest absolute Gasteiger partial charge is 0.393 e. The smallest absolute Gasteiger partial charge is 0.175 e. The third-order valence-electron chi connectivity index (χ3n) is 4.72. The van der Waals surface area contributed by atoms with Crippen LogP contribution in [0.3, 0.4) is 0 Å². The monoisotopic (exact) mass is 288 g/mol. The van der Waals surface area contributed by atoms with E-state index in [1.165, 1.54) is 4.48 Å². The van der Waals surface area contributed by atoms with Crippen LogP contribution in [0.4, 0.5) is 0 Å². The second kappa shape index (κ2) is 3.31. The topological polar surface area (TPSA) is 38.7 Å². The molecule has 0 aromatic heterocycles. The highest BCUT2D eigenvalue weighted by Gasteiger charge is 2.67. The van der Waals surface area contributed by atoms with Gasteiger partial charge in [-0.05, 0) is 11.4 Å². The summed E-state index contributed by atoms with van der Waals surface area (Å²) in [6.45, 7) is 5.35. The number of halogens is 1. The van der Waals surface area contributed by atoms with Crippen molar-refractivity contribution in [3.63, 3.8) is 0 Å². The maximum Gasteiger partial charge on any atom is 0.175 e. The van der Waals surface area contributed by atoms with Gasteiger partial charge in [-0.2, -0.15) is 0 Å². The zero-order valence-corrected chi connectivity index (χ0v) is 11.2. The normalized spacial score (nSPS) is 46.4. The van der Waals surface area contributed by atoms with Gasteiger partial charge >= 0.3 is 0 Å². The van der Waals surface area contributed by atoms with Gasteiger partial charge in [0.25, 0.3) is 0 Å². The van der Waals surface area contributed by atoms with Gasteiger partial charge in [-0.1, -0.05) is 28.9 Å². The van der Waals surface area contributed by atoms with Crippen LogP contribution in [-0.4, -0.2) is 30.2 Å². The van der Waals surface area contributed by atoms with Crippen molar-refractivity contribution in [3.8, 4) is 0 Å². The molecule has 1 saturated carbocycles. The summed E-state index contributed by atoms with van der Waals surface area (Å²) >= 11 is 3.61. The van der Waals surface area contributed by atoms with Crippen molar-refractivity contribution in [3.05, 3.63) is 10.6 Å². The Morgan fingerprint density at radius 1 is 1.50 bits per heavy atom. The summed E-state index contributed by atoms with van der Waals surface area (Å²) in [5.74, 6) is 0.00528. The van der Waals surface area contributed by atoms with Crippen molar-refractivity contribution >= 4 is 15.9 Å². The summed E-state index contributed by atoms with van der Waals surface area (Å²) in [4.78, 5) is 0. The van der Waals surface area contributed by atoms with Gasteiger partial charge in [-0.3, -0.25) is 0 Å². The highest BCUT2D eigenvalue weighted by atomic mass is 79.9. The van der Waals surface area contributed by atoms with Crippen LogP contribution < -0.4 is 0 Å². The lowest BCUT2D eigenvalue weighted by Crippen LogP contribution is -2.42. The average molecular weight is 289 g/mol. The molecule has 90 valence electrons.